The van der Waals surface area contributed by atoms with Gasteiger partial charge < -0.3 is 4.57 Å². The number of para-hydroxylation sites is 1. The predicted molar refractivity (Wildman–Crippen MR) is 209 cm³/mol. The van der Waals surface area contributed by atoms with Crippen LogP contribution >= 0.6 is 11.3 Å². The van der Waals surface area contributed by atoms with Crippen LogP contribution in [0.4, 0.5) is 0 Å². The molecule has 0 aliphatic rings. The fourth-order valence-corrected chi connectivity index (χ4v) is 8.20. The van der Waals surface area contributed by atoms with Gasteiger partial charge in [-0.15, -0.1) is 11.3 Å². The highest BCUT2D eigenvalue weighted by Crippen LogP contribution is 2.41. The van der Waals surface area contributed by atoms with Crippen molar-refractivity contribution in [3.63, 3.8) is 0 Å². The predicted octanol–water partition coefficient (Wildman–Crippen LogP) is 12.0. The quantitative estimate of drug-likeness (QED) is 0.185. The van der Waals surface area contributed by atoms with Gasteiger partial charge in [-0.2, -0.15) is 0 Å². The van der Waals surface area contributed by atoms with E-state index in [2.05, 4.69) is 138 Å². The molecule has 0 unspecified atom stereocenters. The van der Waals surface area contributed by atoms with Crippen LogP contribution in [-0.4, -0.2) is 19.5 Å². The van der Waals surface area contributed by atoms with E-state index < -0.39 is 0 Å². The molecule has 10 rings (SSSR count). The Morgan fingerprint density at radius 1 is 0.340 bits per heavy atom. The first-order chi connectivity index (χ1) is 24.8. The van der Waals surface area contributed by atoms with Crippen molar-refractivity contribution in [3.05, 3.63) is 170 Å². The Labute approximate surface area is 292 Å². The second kappa shape index (κ2) is 11.6. The van der Waals surface area contributed by atoms with Crippen molar-refractivity contribution >= 4 is 53.3 Å². The number of aromatic nitrogens is 4. The van der Waals surface area contributed by atoms with E-state index in [-0.39, 0.29) is 0 Å². The maximum Gasteiger partial charge on any atom is 0.164 e. The van der Waals surface area contributed by atoms with Gasteiger partial charge in [-0.1, -0.05) is 127 Å². The number of fused-ring (bicyclic) bond motifs is 6. The molecule has 0 N–H and O–H groups in total. The van der Waals surface area contributed by atoms with Crippen molar-refractivity contribution in [3.8, 4) is 51.0 Å². The number of thiophene rings is 1. The molecule has 3 heterocycles. The highest BCUT2D eigenvalue weighted by Gasteiger charge is 2.17. The van der Waals surface area contributed by atoms with Crippen molar-refractivity contribution in [2.45, 2.75) is 0 Å². The number of rotatable bonds is 5. The van der Waals surface area contributed by atoms with Crippen LogP contribution in [0.2, 0.25) is 0 Å². The molecule has 0 radical (unpaired) electrons. The first-order valence-corrected chi connectivity index (χ1v) is 17.5. The van der Waals surface area contributed by atoms with E-state index in [4.69, 9.17) is 15.0 Å². The van der Waals surface area contributed by atoms with Crippen LogP contribution in [0.1, 0.15) is 0 Å². The SMILES string of the molecule is c1ccc(-c2cccc(-c3nc(-c4ccccc4)nc(-c4cccc(-n5c6ccccc6c6cc7sc8ccccc8c7cc65)c4)n3)c2)cc1. The normalized spacial score (nSPS) is 11.6. The molecule has 3 aromatic heterocycles. The second-order valence-corrected chi connectivity index (χ2v) is 13.6. The third-order valence-corrected chi connectivity index (χ3v) is 10.6. The monoisotopic (exact) mass is 656 g/mol. The number of benzene rings is 7. The van der Waals surface area contributed by atoms with Crippen LogP contribution in [0.5, 0.6) is 0 Å². The highest BCUT2D eigenvalue weighted by atomic mass is 32.1. The molecule has 234 valence electrons. The van der Waals surface area contributed by atoms with Gasteiger partial charge in [-0.3, -0.25) is 0 Å². The summed E-state index contributed by atoms with van der Waals surface area (Å²) in [6.45, 7) is 0. The third-order valence-electron chi connectivity index (χ3n) is 9.43. The Hall–Kier alpha value is -6.43. The second-order valence-electron chi connectivity index (χ2n) is 12.5. The fourth-order valence-electron chi connectivity index (χ4n) is 7.07. The lowest BCUT2D eigenvalue weighted by molar-refractivity contribution is 1.07. The molecule has 10 aromatic rings. The first-order valence-electron chi connectivity index (χ1n) is 16.7. The van der Waals surface area contributed by atoms with Crippen molar-refractivity contribution in [1.82, 2.24) is 19.5 Å². The molecule has 0 amide bonds. The van der Waals surface area contributed by atoms with Crippen LogP contribution < -0.4 is 0 Å². The molecular weight excluding hydrogens is 629 g/mol. The van der Waals surface area contributed by atoms with E-state index in [1.165, 1.54) is 42.0 Å². The lowest BCUT2D eigenvalue weighted by Crippen LogP contribution is -2.01. The Bertz CT molecular complexity index is 2870. The Balaban J connectivity index is 1.17. The molecule has 4 nitrogen and oxygen atoms in total. The summed E-state index contributed by atoms with van der Waals surface area (Å²) in [6, 6.07) is 59.7. The summed E-state index contributed by atoms with van der Waals surface area (Å²) in [5.41, 5.74) is 8.49. The summed E-state index contributed by atoms with van der Waals surface area (Å²) in [6.07, 6.45) is 0. The lowest BCUT2D eigenvalue weighted by atomic mass is 10.0. The summed E-state index contributed by atoms with van der Waals surface area (Å²) < 4.78 is 4.99. The Kier molecular flexibility index (Phi) is 6.64. The number of hydrogen-bond donors (Lipinski definition) is 0. The molecule has 0 atom stereocenters. The van der Waals surface area contributed by atoms with Gasteiger partial charge in [-0.25, -0.2) is 15.0 Å². The fraction of sp³-hybridized carbons (Fsp3) is 0. The average Bonchev–Trinajstić information content (AvgIpc) is 3.72. The summed E-state index contributed by atoms with van der Waals surface area (Å²) in [4.78, 5) is 15.2. The van der Waals surface area contributed by atoms with Gasteiger partial charge in [0.05, 0.1) is 11.0 Å². The van der Waals surface area contributed by atoms with E-state index in [1.54, 1.807) is 0 Å². The summed E-state index contributed by atoms with van der Waals surface area (Å²) >= 11 is 1.86. The molecule has 50 heavy (non-hydrogen) atoms. The molecule has 0 bridgehead atoms. The van der Waals surface area contributed by atoms with Gasteiger partial charge in [0.2, 0.25) is 0 Å². The third kappa shape index (κ3) is 4.79. The first kappa shape index (κ1) is 28.6. The molecule has 0 saturated carbocycles. The topological polar surface area (TPSA) is 43.6 Å². The van der Waals surface area contributed by atoms with E-state index in [9.17, 15) is 0 Å². The Morgan fingerprint density at radius 2 is 0.920 bits per heavy atom. The summed E-state index contributed by atoms with van der Waals surface area (Å²) in [5, 5.41) is 5.06. The van der Waals surface area contributed by atoms with Crippen molar-refractivity contribution in [1.29, 1.82) is 0 Å². The zero-order valence-corrected chi connectivity index (χ0v) is 27.7. The van der Waals surface area contributed by atoms with Gasteiger partial charge in [0.25, 0.3) is 0 Å². The number of hydrogen-bond acceptors (Lipinski definition) is 4. The molecule has 7 aromatic carbocycles. The minimum absolute atomic E-state index is 0.632. The molecular formula is C45H28N4S. The molecule has 0 aliphatic carbocycles. The van der Waals surface area contributed by atoms with Crippen LogP contribution in [0.3, 0.4) is 0 Å². The molecule has 0 aliphatic heterocycles. The minimum atomic E-state index is 0.632. The highest BCUT2D eigenvalue weighted by molar-refractivity contribution is 7.25. The van der Waals surface area contributed by atoms with Crippen LogP contribution in [0.15, 0.2) is 170 Å². The molecule has 0 fully saturated rings. The maximum absolute atomic E-state index is 5.12. The van der Waals surface area contributed by atoms with Gasteiger partial charge >= 0.3 is 0 Å². The van der Waals surface area contributed by atoms with Crippen molar-refractivity contribution in [2.24, 2.45) is 0 Å². The number of nitrogens with zero attached hydrogens (tertiary/aromatic N) is 4. The average molecular weight is 657 g/mol. The van der Waals surface area contributed by atoms with Crippen molar-refractivity contribution < 1.29 is 0 Å². The summed E-state index contributed by atoms with van der Waals surface area (Å²) in [7, 11) is 0. The van der Waals surface area contributed by atoms with Crippen LogP contribution in [-0.2, 0) is 0 Å². The van der Waals surface area contributed by atoms with Crippen molar-refractivity contribution in [2.75, 3.05) is 0 Å². The van der Waals surface area contributed by atoms with Gasteiger partial charge in [0.15, 0.2) is 17.5 Å². The van der Waals surface area contributed by atoms with Gasteiger partial charge in [0, 0.05) is 53.3 Å². The minimum Gasteiger partial charge on any atom is -0.309 e. The zero-order chi connectivity index (χ0) is 33.0. The van der Waals surface area contributed by atoms with Crippen LogP contribution in [0.25, 0.3) is 93.0 Å². The lowest BCUT2D eigenvalue weighted by Gasteiger charge is -2.12. The zero-order valence-electron chi connectivity index (χ0n) is 26.9. The molecule has 0 spiro atoms. The largest absolute Gasteiger partial charge is 0.309 e. The van der Waals surface area contributed by atoms with Crippen LogP contribution in [0, 0.1) is 0 Å². The van der Waals surface area contributed by atoms with Gasteiger partial charge in [-0.05, 0) is 53.6 Å². The van der Waals surface area contributed by atoms with E-state index in [1.807, 2.05) is 47.7 Å². The van der Waals surface area contributed by atoms with E-state index in [0.717, 1.165) is 33.5 Å². The van der Waals surface area contributed by atoms with Gasteiger partial charge in [0.1, 0.15) is 0 Å². The van der Waals surface area contributed by atoms with E-state index in [0.29, 0.717) is 17.5 Å². The maximum atomic E-state index is 5.12. The smallest absolute Gasteiger partial charge is 0.164 e. The molecule has 0 saturated heterocycles. The standard InChI is InChI=1S/C45H28N4S/c1-3-13-29(14-4-1)31-17-11-18-32(25-31)44-46-43(30-15-5-2-6-16-30)47-45(48-44)33-19-12-20-34(26-33)49-39-23-9-7-21-35(39)37-28-42-38(27-40(37)49)36-22-8-10-24-41(36)50-42/h1-28H. The summed E-state index contributed by atoms with van der Waals surface area (Å²) in [5.74, 6) is 1.91. The Morgan fingerprint density at radius 3 is 1.70 bits per heavy atom. The molecule has 5 heteroatoms. The van der Waals surface area contributed by atoms with E-state index >= 15 is 0 Å².